The molecule has 1 saturated heterocycles. The Hall–Kier alpha value is -2.25. The summed E-state index contributed by atoms with van der Waals surface area (Å²) in [5.74, 6) is -3.75. The van der Waals surface area contributed by atoms with Gasteiger partial charge in [0.1, 0.15) is 22.9 Å². The lowest BCUT2D eigenvalue weighted by Crippen LogP contribution is -2.76. The van der Waals surface area contributed by atoms with Crippen LogP contribution in [0.5, 0.6) is 0 Å². The highest BCUT2D eigenvalue weighted by molar-refractivity contribution is 6.22. The first-order valence-corrected chi connectivity index (χ1v) is 8.44. The van der Waals surface area contributed by atoms with Crippen LogP contribution in [0.4, 0.5) is 0 Å². The average Bonchev–Trinajstić information content (AvgIpc) is 2.93. The quantitative estimate of drug-likeness (QED) is 0.223. The fourth-order valence-corrected chi connectivity index (χ4v) is 4.77. The Kier molecular flexibility index (Phi) is 4.01. The highest BCUT2D eigenvalue weighted by Gasteiger charge is 2.80. The van der Waals surface area contributed by atoms with Gasteiger partial charge in [-0.25, -0.2) is 0 Å². The third-order valence-electron chi connectivity index (χ3n) is 6.21. The SMILES string of the molecule is C/C=C/C=C/C(O)=C1\C(=O)[C@]2(C)C(=O)[C@@](C)(O)[C@H]1[C@H]1OC(=O)C[C@]12CO. The maximum absolute atomic E-state index is 13.2. The van der Waals surface area contributed by atoms with Gasteiger partial charge in [0.15, 0.2) is 11.6 Å². The van der Waals surface area contributed by atoms with E-state index in [4.69, 9.17) is 4.74 Å². The van der Waals surface area contributed by atoms with Gasteiger partial charge in [-0.2, -0.15) is 0 Å². The molecule has 26 heavy (non-hydrogen) atoms. The smallest absolute Gasteiger partial charge is 0.306 e. The number of rotatable bonds is 3. The van der Waals surface area contributed by atoms with Crippen LogP contribution in [0, 0.1) is 16.7 Å². The van der Waals surface area contributed by atoms with Gasteiger partial charge in [-0.15, -0.1) is 0 Å². The number of allylic oxidation sites excluding steroid dienone is 4. The van der Waals surface area contributed by atoms with E-state index in [9.17, 15) is 29.7 Å². The lowest BCUT2D eigenvalue weighted by Gasteiger charge is -2.60. The van der Waals surface area contributed by atoms with Crippen molar-refractivity contribution in [2.75, 3.05) is 6.61 Å². The number of ketones is 2. The van der Waals surface area contributed by atoms with E-state index in [2.05, 4.69) is 0 Å². The average molecular weight is 362 g/mol. The van der Waals surface area contributed by atoms with Gasteiger partial charge < -0.3 is 20.1 Å². The number of aliphatic hydroxyl groups excluding tert-OH is 2. The number of fused-ring (bicyclic) bond motifs is 2. The summed E-state index contributed by atoms with van der Waals surface area (Å²) >= 11 is 0. The molecule has 0 aromatic carbocycles. The van der Waals surface area contributed by atoms with Crippen LogP contribution in [0.15, 0.2) is 35.6 Å². The predicted octanol–water partition coefficient (Wildman–Crippen LogP) is 0.764. The lowest BCUT2D eigenvalue weighted by atomic mass is 9.40. The standard InChI is InChI=1S/C19H22O7/c1-4-5-6-7-10(21)12-13-15-19(9-20,8-11(22)26-15)17(2,14(12)23)16(24)18(13,3)25/h4-7,13,15,20-21,25H,8-9H2,1-3H3/b5-4+,7-6+,12-10+/t13-,15-,17-,18+,19+/m1/s1. The largest absolute Gasteiger partial charge is 0.508 e. The molecule has 0 spiro atoms. The zero-order valence-electron chi connectivity index (χ0n) is 14.9. The number of carbonyl (C=O) groups excluding carboxylic acids is 3. The molecule has 0 radical (unpaired) electrons. The van der Waals surface area contributed by atoms with E-state index in [1.54, 1.807) is 19.1 Å². The summed E-state index contributed by atoms with van der Waals surface area (Å²) in [4.78, 5) is 38.2. The first-order chi connectivity index (χ1) is 12.1. The Morgan fingerprint density at radius 2 is 1.92 bits per heavy atom. The molecule has 140 valence electrons. The van der Waals surface area contributed by atoms with Crippen molar-refractivity contribution in [3.63, 3.8) is 0 Å². The van der Waals surface area contributed by atoms with E-state index in [0.29, 0.717) is 0 Å². The molecule has 0 aromatic heterocycles. The second-order valence-electron chi connectivity index (χ2n) is 7.49. The summed E-state index contributed by atoms with van der Waals surface area (Å²) in [5.41, 5.74) is -5.49. The molecule has 0 aromatic rings. The van der Waals surface area contributed by atoms with E-state index >= 15 is 0 Å². The first kappa shape index (κ1) is 18.5. The summed E-state index contributed by atoms with van der Waals surface area (Å²) in [6, 6.07) is 0. The Labute approximate surface area is 150 Å². The van der Waals surface area contributed by atoms with E-state index in [0.717, 1.165) is 0 Å². The van der Waals surface area contributed by atoms with Crippen LogP contribution in [0.25, 0.3) is 0 Å². The van der Waals surface area contributed by atoms with Gasteiger partial charge in [0, 0.05) is 5.57 Å². The van der Waals surface area contributed by atoms with Crippen molar-refractivity contribution >= 4 is 17.5 Å². The van der Waals surface area contributed by atoms with Crippen molar-refractivity contribution in [3.8, 4) is 0 Å². The second-order valence-corrected chi connectivity index (χ2v) is 7.49. The summed E-state index contributed by atoms with van der Waals surface area (Å²) in [6.07, 6.45) is 4.78. The maximum Gasteiger partial charge on any atom is 0.306 e. The van der Waals surface area contributed by atoms with Crippen LogP contribution >= 0.6 is 0 Å². The molecule has 3 aliphatic carbocycles. The first-order valence-electron chi connectivity index (χ1n) is 8.44. The minimum Gasteiger partial charge on any atom is -0.508 e. The number of carbonyl (C=O) groups is 3. The fraction of sp³-hybridized carbons (Fsp3) is 0.526. The van der Waals surface area contributed by atoms with E-state index < -0.39 is 58.4 Å². The number of aliphatic hydroxyl groups is 3. The molecular formula is C19H22O7. The number of esters is 1. The van der Waals surface area contributed by atoms with Gasteiger partial charge in [-0.3, -0.25) is 14.4 Å². The lowest BCUT2D eigenvalue weighted by molar-refractivity contribution is -0.210. The third-order valence-corrected chi connectivity index (χ3v) is 6.21. The van der Waals surface area contributed by atoms with Crippen molar-refractivity contribution in [1.29, 1.82) is 0 Å². The van der Waals surface area contributed by atoms with Crippen molar-refractivity contribution in [1.82, 2.24) is 0 Å². The number of hydrogen-bond donors (Lipinski definition) is 3. The van der Waals surface area contributed by atoms with Gasteiger partial charge >= 0.3 is 5.97 Å². The van der Waals surface area contributed by atoms with Gasteiger partial charge in [0.05, 0.1) is 24.4 Å². The maximum atomic E-state index is 13.2. The van der Waals surface area contributed by atoms with Gasteiger partial charge in [0.2, 0.25) is 0 Å². The molecule has 2 bridgehead atoms. The minimum atomic E-state index is -2.02. The van der Waals surface area contributed by atoms with Crippen LogP contribution < -0.4 is 0 Å². The van der Waals surface area contributed by atoms with E-state index in [1.165, 1.54) is 26.0 Å². The molecule has 4 aliphatic rings. The zero-order valence-corrected chi connectivity index (χ0v) is 14.9. The number of Topliss-reactive ketones (excluding diaryl/α,β-unsaturated/α-hetero) is 2. The molecule has 3 saturated carbocycles. The van der Waals surface area contributed by atoms with Crippen LogP contribution in [-0.2, 0) is 19.1 Å². The van der Waals surface area contributed by atoms with E-state index in [1.807, 2.05) is 0 Å². The molecule has 7 nitrogen and oxygen atoms in total. The molecule has 1 heterocycles. The Bertz CT molecular complexity index is 788. The molecule has 5 atom stereocenters. The molecule has 0 unspecified atom stereocenters. The molecule has 7 heteroatoms. The van der Waals surface area contributed by atoms with Gasteiger partial charge in [0.25, 0.3) is 0 Å². The monoisotopic (exact) mass is 362 g/mol. The molecule has 3 N–H and O–H groups in total. The predicted molar refractivity (Wildman–Crippen MR) is 89.9 cm³/mol. The van der Waals surface area contributed by atoms with Crippen LogP contribution in [0.2, 0.25) is 0 Å². The molecular weight excluding hydrogens is 340 g/mol. The van der Waals surface area contributed by atoms with Gasteiger partial charge in [-0.05, 0) is 26.8 Å². The fourth-order valence-electron chi connectivity index (χ4n) is 4.77. The zero-order chi connectivity index (χ0) is 19.5. The minimum absolute atomic E-state index is 0.151. The van der Waals surface area contributed by atoms with Crippen LogP contribution in [-0.4, -0.2) is 51.2 Å². The van der Waals surface area contributed by atoms with Gasteiger partial charge in [-0.1, -0.05) is 18.2 Å². The Balaban J connectivity index is 2.30. The Morgan fingerprint density at radius 1 is 1.27 bits per heavy atom. The number of ether oxygens (including phenoxy) is 1. The highest BCUT2D eigenvalue weighted by Crippen LogP contribution is 2.66. The van der Waals surface area contributed by atoms with Crippen LogP contribution in [0.1, 0.15) is 27.2 Å². The summed E-state index contributed by atoms with van der Waals surface area (Å²) in [7, 11) is 0. The van der Waals surface area contributed by atoms with Crippen molar-refractivity contribution in [2.45, 2.75) is 38.9 Å². The Morgan fingerprint density at radius 3 is 2.50 bits per heavy atom. The molecule has 1 aliphatic heterocycles. The normalized spacial score (nSPS) is 44.1. The summed E-state index contributed by atoms with van der Waals surface area (Å²) in [5, 5.41) is 31.4. The number of hydrogen-bond acceptors (Lipinski definition) is 7. The molecule has 4 rings (SSSR count). The summed E-state index contributed by atoms with van der Waals surface area (Å²) in [6.45, 7) is 3.73. The van der Waals surface area contributed by atoms with Crippen molar-refractivity contribution in [2.24, 2.45) is 16.7 Å². The third kappa shape index (κ3) is 1.92. The second kappa shape index (κ2) is 5.62. The highest BCUT2D eigenvalue weighted by atomic mass is 16.6. The summed E-state index contributed by atoms with van der Waals surface area (Å²) < 4.78 is 5.35. The topological polar surface area (TPSA) is 121 Å². The van der Waals surface area contributed by atoms with Crippen LogP contribution in [0.3, 0.4) is 0 Å². The van der Waals surface area contributed by atoms with Crippen molar-refractivity contribution in [3.05, 3.63) is 35.6 Å². The van der Waals surface area contributed by atoms with Crippen molar-refractivity contribution < 1.29 is 34.4 Å². The molecule has 4 fully saturated rings. The van der Waals surface area contributed by atoms with E-state index in [-0.39, 0.29) is 12.0 Å². The molecule has 0 amide bonds.